The zero-order valence-electron chi connectivity index (χ0n) is 26.0. The van der Waals surface area contributed by atoms with E-state index in [0.717, 1.165) is 66.6 Å². The maximum absolute atomic E-state index is 6.59. The molecule has 6 aromatic carbocycles. The number of rotatable bonds is 3. The van der Waals surface area contributed by atoms with Crippen LogP contribution in [0.2, 0.25) is 0 Å². The second kappa shape index (κ2) is 9.51. The van der Waals surface area contributed by atoms with E-state index in [1.165, 1.54) is 22.1 Å². The van der Waals surface area contributed by atoms with Gasteiger partial charge >= 0.3 is 0 Å². The Morgan fingerprint density at radius 1 is 0.574 bits per heavy atom. The largest absolute Gasteiger partial charge is 0.454 e. The molecule has 222 valence electrons. The molecular formula is C43H29N3O. The van der Waals surface area contributed by atoms with Crippen LogP contribution < -0.4 is 0 Å². The number of para-hydroxylation sites is 2. The van der Waals surface area contributed by atoms with Gasteiger partial charge in [0.1, 0.15) is 5.58 Å². The molecular weight excluding hydrogens is 574 g/mol. The van der Waals surface area contributed by atoms with Gasteiger partial charge in [-0.25, -0.2) is 9.97 Å². The quantitative estimate of drug-likeness (QED) is 0.202. The average molecular weight is 604 g/mol. The van der Waals surface area contributed by atoms with Crippen molar-refractivity contribution in [2.24, 2.45) is 0 Å². The van der Waals surface area contributed by atoms with Crippen LogP contribution in [0.3, 0.4) is 0 Å². The fraction of sp³-hybridized carbons (Fsp3) is 0.0698. The first-order chi connectivity index (χ1) is 23.1. The summed E-state index contributed by atoms with van der Waals surface area (Å²) < 4.78 is 8.93. The van der Waals surface area contributed by atoms with Gasteiger partial charge in [-0.2, -0.15) is 0 Å². The highest BCUT2D eigenvalue weighted by Crippen LogP contribution is 2.51. The number of fused-ring (bicyclic) bond motifs is 10. The summed E-state index contributed by atoms with van der Waals surface area (Å²) in [5.41, 5.74) is 12.5. The molecule has 0 radical (unpaired) electrons. The lowest BCUT2D eigenvalue weighted by molar-refractivity contribution is 0.658. The number of benzene rings is 6. The molecule has 0 fully saturated rings. The molecule has 1 aliphatic carbocycles. The first-order valence-corrected chi connectivity index (χ1v) is 16.1. The lowest BCUT2D eigenvalue weighted by Crippen LogP contribution is -2.17. The van der Waals surface area contributed by atoms with Crippen LogP contribution in [0.25, 0.3) is 83.3 Å². The van der Waals surface area contributed by atoms with Crippen molar-refractivity contribution < 1.29 is 4.42 Å². The van der Waals surface area contributed by atoms with Gasteiger partial charge < -0.3 is 8.98 Å². The van der Waals surface area contributed by atoms with E-state index in [1.54, 1.807) is 0 Å². The molecule has 0 atom stereocenters. The zero-order chi connectivity index (χ0) is 31.3. The summed E-state index contributed by atoms with van der Waals surface area (Å²) in [5.74, 6) is 0.714. The normalized spacial score (nSPS) is 13.5. The Hall–Kier alpha value is -6.00. The smallest absolute Gasteiger partial charge is 0.160 e. The average Bonchev–Trinajstić information content (AvgIpc) is 3.74. The predicted molar refractivity (Wildman–Crippen MR) is 192 cm³/mol. The third kappa shape index (κ3) is 3.64. The molecule has 0 spiro atoms. The highest BCUT2D eigenvalue weighted by Gasteiger charge is 2.40. The maximum Gasteiger partial charge on any atom is 0.160 e. The second-order valence-electron chi connectivity index (χ2n) is 13.0. The van der Waals surface area contributed by atoms with Crippen molar-refractivity contribution in [3.05, 3.63) is 151 Å². The van der Waals surface area contributed by atoms with Gasteiger partial charge in [0.2, 0.25) is 0 Å². The highest BCUT2D eigenvalue weighted by molar-refractivity contribution is 6.21. The van der Waals surface area contributed by atoms with Crippen molar-refractivity contribution in [1.29, 1.82) is 0 Å². The van der Waals surface area contributed by atoms with Crippen LogP contribution in [0.15, 0.2) is 144 Å². The molecule has 4 nitrogen and oxygen atoms in total. The topological polar surface area (TPSA) is 43.9 Å². The standard InChI is InChI=1S/C43H29N3O/c1-43(2)34-20-9-6-19-33(34)39-37(43)38(26-13-4-3-5-14-26)44-42(45-39)27-15-12-16-28(25-27)46-35-21-10-7-17-29(35)31-23-24-32-30-18-8-11-22-36(30)47-41(32)40(31)46/h3-25H,1-2H3. The summed E-state index contributed by atoms with van der Waals surface area (Å²) in [6, 6.07) is 49.1. The van der Waals surface area contributed by atoms with Crippen molar-refractivity contribution in [1.82, 2.24) is 14.5 Å². The van der Waals surface area contributed by atoms with E-state index in [1.807, 2.05) is 12.1 Å². The van der Waals surface area contributed by atoms with Gasteiger partial charge in [-0.1, -0.05) is 123 Å². The fourth-order valence-corrected chi connectivity index (χ4v) is 7.83. The summed E-state index contributed by atoms with van der Waals surface area (Å²) in [6.07, 6.45) is 0. The lowest BCUT2D eigenvalue weighted by Gasteiger charge is -2.23. The summed E-state index contributed by atoms with van der Waals surface area (Å²) in [4.78, 5) is 10.7. The van der Waals surface area contributed by atoms with Crippen LogP contribution in [-0.2, 0) is 5.41 Å². The number of nitrogens with zero attached hydrogens (tertiary/aromatic N) is 3. The van der Waals surface area contributed by atoms with Crippen molar-refractivity contribution in [3.63, 3.8) is 0 Å². The highest BCUT2D eigenvalue weighted by atomic mass is 16.3. The summed E-state index contributed by atoms with van der Waals surface area (Å²) >= 11 is 0. The zero-order valence-corrected chi connectivity index (χ0v) is 26.0. The second-order valence-corrected chi connectivity index (χ2v) is 13.0. The Bertz CT molecular complexity index is 2710. The Labute approximate surface area is 271 Å². The molecule has 0 unspecified atom stereocenters. The number of aromatic nitrogens is 3. The summed E-state index contributed by atoms with van der Waals surface area (Å²) in [7, 11) is 0. The van der Waals surface area contributed by atoms with Crippen LogP contribution in [0, 0.1) is 0 Å². The van der Waals surface area contributed by atoms with E-state index in [4.69, 9.17) is 14.4 Å². The summed E-state index contributed by atoms with van der Waals surface area (Å²) in [5, 5.41) is 4.59. The van der Waals surface area contributed by atoms with Crippen molar-refractivity contribution in [2.75, 3.05) is 0 Å². The van der Waals surface area contributed by atoms with Crippen LogP contribution in [0.1, 0.15) is 25.0 Å². The SMILES string of the molecule is CC1(C)c2ccccc2-c2nc(-c3cccc(-n4c5ccccc5c5ccc6c7ccccc7oc6c54)c3)nc(-c3ccccc3)c21. The molecule has 0 aliphatic heterocycles. The Kier molecular flexibility index (Phi) is 5.31. The molecule has 9 aromatic rings. The fourth-order valence-electron chi connectivity index (χ4n) is 7.83. The van der Waals surface area contributed by atoms with Crippen LogP contribution in [0.4, 0.5) is 0 Å². The van der Waals surface area contributed by atoms with Gasteiger partial charge in [-0.3, -0.25) is 0 Å². The minimum atomic E-state index is -0.224. The minimum Gasteiger partial charge on any atom is -0.454 e. The molecule has 0 saturated carbocycles. The van der Waals surface area contributed by atoms with Gasteiger partial charge in [0.15, 0.2) is 11.4 Å². The molecule has 4 heteroatoms. The molecule has 47 heavy (non-hydrogen) atoms. The molecule has 0 saturated heterocycles. The van der Waals surface area contributed by atoms with Gasteiger partial charge in [0.05, 0.1) is 22.4 Å². The Balaban J connectivity index is 1.25. The maximum atomic E-state index is 6.59. The van der Waals surface area contributed by atoms with E-state index < -0.39 is 0 Å². The Morgan fingerprint density at radius 2 is 1.28 bits per heavy atom. The first-order valence-electron chi connectivity index (χ1n) is 16.1. The third-order valence-corrected chi connectivity index (χ3v) is 9.98. The van der Waals surface area contributed by atoms with Crippen LogP contribution in [0.5, 0.6) is 0 Å². The van der Waals surface area contributed by atoms with Gasteiger partial charge in [-0.15, -0.1) is 0 Å². The first kappa shape index (κ1) is 26.2. The number of hydrogen-bond acceptors (Lipinski definition) is 3. The number of furan rings is 1. The van der Waals surface area contributed by atoms with Crippen molar-refractivity contribution in [2.45, 2.75) is 19.3 Å². The van der Waals surface area contributed by atoms with Gasteiger partial charge in [0.25, 0.3) is 0 Å². The van der Waals surface area contributed by atoms with E-state index in [2.05, 4.69) is 146 Å². The molecule has 3 aromatic heterocycles. The predicted octanol–water partition coefficient (Wildman–Crippen LogP) is 11.1. The molecule has 0 bridgehead atoms. The van der Waals surface area contributed by atoms with E-state index in [0.29, 0.717) is 5.82 Å². The monoisotopic (exact) mass is 603 g/mol. The van der Waals surface area contributed by atoms with Crippen molar-refractivity contribution in [3.8, 4) is 39.6 Å². The molecule has 3 heterocycles. The van der Waals surface area contributed by atoms with Gasteiger partial charge in [0, 0.05) is 54.9 Å². The summed E-state index contributed by atoms with van der Waals surface area (Å²) in [6.45, 7) is 4.57. The lowest BCUT2D eigenvalue weighted by atomic mass is 9.81. The van der Waals surface area contributed by atoms with E-state index in [-0.39, 0.29) is 5.41 Å². The third-order valence-electron chi connectivity index (χ3n) is 9.98. The number of hydrogen-bond donors (Lipinski definition) is 0. The molecule has 10 rings (SSSR count). The molecule has 1 aliphatic rings. The van der Waals surface area contributed by atoms with Crippen LogP contribution >= 0.6 is 0 Å². The van der Waals surface area contributed by atoms with Gasteiger partial charge in [-0.05, 0) is 35.9 Å². The van der Waals surface area contributed by atoms with E-state index >= 15 is 0 Å². The Morgan fingerprint density at radius 3 is 2.17 bits per heavy atom. The minimum absolute atomic E-state index is 0.224. The van der Waals surface area contributed by atoms with Crippen LogP contribution in [-0.4, -0.2) is 14.5 Å². The molecule has 0 N–H and O–H groups in total. The van der Waals surface area contributed by atoms with Crippen molar-refractivity contribution >= 4 is 43.7 Å². The molecule has 0 amide bonds. The van der Waals surface area contributed by atoms with E-state index in [9.17, 15) is 0 Å².